The molecule has 0 bridgehead atoms. The Labute approximate surface area is 149 Å². The van der Waals surface area contributed by atoms with Crippen molar-refractivity contribution in [3.8, 4) is 0 Å². The van der Waals surface area contributed by atoms with Gasteiger partial charge in [0.25, 0.3) is 0 Å². The molecular weight excluding hydrogens is 310 g/mol. The standard InChI is InChI=1S/C22H25NO2/c1-17-5-7-18(8-6-17)21(13-16-23-14-3-4-15-23)19-9-11-20(12-10-19)22(24)25-2/h5-13H,3-4,14-16H2,1-2H3. The zero-order chi connectivity index (χ0) is 17.6. The monoisotopic (exact) mass is 335 g/mol. The molecule has 0 aliphatic carbocycles. The number of carbonyl (C=O) groups excluding carboxylic acids is 1. The highest BCUT2D eigenvalue weighted by molar-refractivity contribution is 5.90. The maximum Gasteiger partial charge on any atom is 0.337 e. The molecule has 0 N–H and O–H groups in total. The summed E-state index contributed by atoms with van der Waals surface area (Å²) in [5, 5.41) is 0. The van der Waals surface area contributed by atoms with Gasteiger partial charge in [-0.25, -0.2) is 4.79 Å². The lowest BCUT2D eigenvalue weighted by molar-refractivity contribution is 0.0600. The zero-order valence-electron chi connectivity index (χ0n) is 15.0. The number of rotatable bonds is 5. The third-order valence-corrected chi connectivity index (χ3v) is 4.73. The van der Waals surface area contributed by atoms with Gasteiger partial charge in [-0.15, -0.1) is 0 Å². The molecule has 0 spiro atoms. The highest BCUT2D eigenvalue weighted by atomic mass is 16.5. The van der Waals surface area contributed by atoms with Crippen molar-refractivity contribution < 1.29 is 9.53 Å². The lowest BCUT2D eigenvalue weighted by Gasteiger charge is -2.15. The minimum absolute atomic E-state index is 0.301. The molecule has 3 nitrogen and oxygen atoms in total. The summed E-state index contributed by atoms with van der Waals surface area (Å²) in [5.41, 5.74) is 5.37. The second-order valence-corrected chi connectivity index (χ2v) is 6.56. The Morgan fingerprint density at radius 1 is 0.960 bits per heavy atom. The molecule has 1 aliphatic heterocycles. The topological polar surface area (TPSA) is 29.5 Å². The van der Waals surface area contributed by atoms with Crippen molar-refractivity contribution in [1.82, 2.24) is 4.90 Å². The molecule has 0 amide bonds. The molecular formula is C22H25NO2. The summed E-state index contributed by atoms with van der Waals surface area (Å²) >= 11 is 0. The number of likely N-dealkylation sites (tertiary alicyclic amines) is 1. The van der Waals surface area contributed by atoms with Crippen molar-refractivity contribution in [2.75, 3.05) is 26.7 Å². The Balaban J connectivity index is 1.90. The Morgan fingerprint density at radius 3 is 2.04 bits per heavy atom. The van der Waals surface area contributed by atoms with Gasteiger partial charge in [-0.1, -0.05) is 48.0 Å². The van der Waals surface area contributed by atoms with E-state index in [2.05, 4.69) is 42.2 Å². The number of ether oxygens (including phenoxy) is 1. The van der Waals surface area contributed by atoms with E-state index in [0.29, 0.717) is 5.56 Å². The van der Waals surface area contributed by atoms with Crippen LogP contribution < -0.4 is 0 Å². The van der Waals surface area contributed by atoms with Gasteiger partial charge in [-0.3, -0.25) is 4.90 Å². The molecule has 0 atom stereocenters. The molecule has 0 aromatic heterocycles. The number of methoxy groups -OCH3 is 1. The van der Waals surface area contributed by atoms with E-state index in [-0.39, 0.29) is 5.97 Å². The van der Waals surface area contributed by atoms with Gasteiger partial charge in [0.15, 0.2) is 0 Å². The molecule has 0 unspecified atom stereocenters. The molecule has 3 heteroatoms. The Morgan fingerprint density at radius 2 is 1.48 bits per heavy atom. The van der Waals surface area contributed by atoms with Crippen LogP contribution in [0.3, 0.4) is 0 Å². The average Bonchev–Trinajstić information content (AvgIpc) is 3.17. The molecule has 1 aliphatic rings. The normalized spacial score (nSPS) is 15.4. The number of hydrogen-bond donors (Lipinski definition) is 0. The predicted molar refractivity (Wildman–Crippen MR) is 102 cm³/mol. The van der Waals surface area contributed by atoms with Crippen molar-refractivity contribution in [1.29, 1.82) is 0 Å². The van der Waals surface area contributed by atoms with Gasteiger partial charge in [0.1, 0.15) is 0 Å². The van der Waals surface area contributed by atoms with Crippen LogP contribution in [0.1, 0.15) is 39.9 Å². The van der Waals surface area contributed by atoms with Gasteiger partial charge in [-0.05, 0) is 61.7 Å². The fraction of sp³-hybridized carbons (Fsp3) is 0.318. The van der Waals surface area contributed by atoms with Crippen molar-refractivity contribution >= 4 is 11.5 Å². The van der Waals surface area contributed by atoms with E-state index in [0.717, 1.165) is 12.1 Å². The lowest BCUT2D eigenvalue weighted by atomic mass is 9.96. The second-order valence-electron chi connectivity index (χ2n) is 6.56. The van der Waals surface area contributed by atoms with Crippen LogP contribution >= 0.6 is 0 Å². The molecule has 3 rings (SSSR count). The fourth-order valence-electron chi connectivity index (χ4n) is 3.22. The number of carbonyl (C=O) groups is 1. The van der Waals surface area contributed by atoms with Crippen LogP contribution in [0, 0.1) is 6.92 Å². The van der Waals surface area contributed by atoms with Crippen LogP contribution in [-0.4, -0.2) is 37.6 Å². The molecule has 1 heterocycles. The van der Waals surface area contributed by atoms with Crippen molar-refractivity contribution in [3.63, 3.8) is 0 Å². The minimum Gasteiger partial charge on any atom is -0.465 e. The first-order valence-electron chi connectivity index (χ1n) is 8.85. The third-order valence-electron chi connectivity index (χ3n) is 4.73. The van der Waals surface area contributed by atoms with Gasteiger partial charge in [0.05, 0.1) is 12.7 Å². The number of nitrogens with zero attached hydrogens (tertiary/aromatic N) is 1. The van der Waals surface area contributed by atoms with Gasteiger partial charge >= 0.3 is 5.97 Å². The first kappa shape index (κ1) is 17.4. The number of aryl methyl sites for hydroxylation is 1. The number of hydrogen-bond acceptors (Lipinski definition) is 3. The Hall–Kier alpha value is -2.39. The van der Waals surface area contributed by atoms with Crippen molar-refractivity contribution in [2.24, 2.45) is 0 Å². The average molecular weight is 335 g/mol. The smallest absolute Gasteiger partial charge is 0.337 e. The minimum atomic E-state index is -0.301. The van der Waals surface area contributed by atoms with Crippen LogP contribution in [-0.2, 0) is 4.74 Å². The largest absolute Gasteiger partial charge is 0.465 e. The molecule has 130 valence electrons. The van der Waals surface area contributed by atoms with E-state index in [1.807, 2.05) is 24.3 Å². The van der Waals surface area contributed by atoms with E-state index in [9.17, 15) is 4.79 Å². The van der Waals surface area contributed by atoms with Crippen LogP contribution in [0.5, 0.6) is 0 Å². The quantitative estimate of drug-likeness (QED) is 0.763. The highest BCUT2D eigenvalue weighted by Crippen LogP contribution is 2.25. The number of esters is 1. The van der Waals surface area contributed by atoms with E-state index in [4.69, 9.17) is 4.74 Å². The zero-order valence-corrected chi connectivity index (χ0v) is 15.0. The van der Waals surface area contributed by atoms with E-state index >= 15 is 0 Å². The second kappa shape index (κ2) is 8.13. The maximum absolute atomic E-state index is 11.7. The maximum atomic E-state index is 11.7. The molecule has 2 aromatic rings. The van der Waals surface area contributed by atoms with E-state index in [1.165, 1.54) is 49.7 Å². The molecule has 25 heavy (non-hydrogen) atoms. The highest BCUT2D eigenvalue weighted by Gasteiger charge is 2.12. The van der Waals surface area contributed by atoms with Crippen LogP contribution in [0.25, 0.3) is 5.57 Å². The van der Waals surface area contributed by atoms with Crippen LogP contribution in [0.2, 0.25) is 0 Å². The Kier molecular flexibility index (Phi) is 5.67. The number of benzene rings is 2. The fourth-order valence-corrected chi connectivity index (χ4v) is 3.22. The van der Waals surface area contributed by atoms with Gasteiger partial charge in [-0.2, -0.15) is 0 Å². The predicted octanol–water partition coefficient (Wildman–Crippen LogP) is 4.31. The SMILES string of the molecule is COC(=O)c1ccc(C(=CCN2CCCC2)c2ccc(C)cc2)cc1. The summed E-state index contributed by atoms with van der Waals surface area (Å²) in [6.07, 6.45) is 4.90. The first-order valence-corrected chi connectivity index (χ1v) is 8.85. The summed E-state index contributed by atoms with van der Waals surface area (Å²) in [6.45, 7) is 5.42. The lowest BCUT2D eigenvalue weighted by Crippen LogP contribution is -2.19. The van der Waals surface area contributed by atoms with Gasteiger partial charge in [0.2, 0.25) is 0 Å². The van der Waals surface area contributed by atoms with Crippen molar-refractivity contribution in [2.45, 2.75) is 19.8 Å². The molecule has 1 fully saturated rings. The van der Waals surface area contributed by atoms with E-state index < -0.39 is 0 Å². The van der Waals surface area contributed by atoms with Crippen molar-refractivity contribution in [3.05, 3.63) is 76.9 Å². The Bertz CT molecular complexity index is 739. The molecule has 2 aromatic carbocycles. The summed E-state index contributed by atoms with van der Waals surface area (Å²) in [4.78, 5) is 14.1. The molecule has 0 radical (unpaired) electrons. The van der Waals surface area contributed by atoms with Crippen LogP contribution in [0.4, 0.5) is 0 Å². The summed E-state index contributed by atoms with van der Waals surface area (Å²) in [7, 11) is 1.41. The third kappa shape index (κ3) is 4.37. The summed E-state index contributed by atoms with van der Waals surface area (Å²) in [6, 6.07) is 16.3. The van der Waals surface area contributed by atoms with E-state index in [1.54, 1.807) is 0 Å². The van der Waals surface area contributed by atoms with Gasteiger partial charge in [0, 0.05) is 6.54 Å². The molecule has 1 saturated heterocycles. The summed E-state index contributed by atoms with van der Waals surface area (Å²) < 4.78 is 4.79. The van der Waals surface area contributed by atoms with Gasteiger partial charge < -0.3 is 4.74 Å². The first-order chi connectivity index (χ1) is 12.2. The summed E-state index contributed by atoms with van der Waals surface area (Å²) in [5.74, 6) is -0.301. The van der Waals surface area contributed by atoms with Crippen LogP contribution in [0.15, 0.2) is 54.6 Å². The molecule has 0 saturated carbocycles.